The summed E-state index contributed by atoms with van der Waals surface area (Å²) in [5.41, 5.74) is 5.30. The van der Waals surface area contributed by atoms with Gasteiger partial charge in [-0.05, 0) is 24.6 Å². The van der Waals surface area contributed by atoms with E-state index >= 15 is 0 Å². The van der Waals surface area contributed by atoms with Gasteiger partial charge in [-0.15, -0.1) is 12.4 Å². The zero-order valence-electron chi connectivity index (χ0n) is 7.51. The summed E-state index contributed by atoms with van der Waals surface area (Å²) in [4.78, 5) is 0. The standard InChI is InChI=1S/C9H10F3N.ClH/c1-6(13)7-3-2-4-8(5-7)9(10,11)12;/h2-6H,13H2,1H3;1H. The Hall–Kier alpha value is -0.740. The van der Waals surface area contributed by atoms with Crippen molar-refractivity contribution in [3.05, 3.63) is 35.4 Å². The minimum absolute atomic E-state index is 0. The van der Waals surface area contributed by atoms with E-state index in [4.69, 9.17) is 5.73 Å². The second-order valence-electron chi connectivity index (χ2n) is 2.91. The number of benzene rings is 1. The average Bonchev–Trinajstić information content (AvgIpc) is 2.03. The van der Waals surface area contributed by atoms with Crippen molar-refractivity contribution >= 4 is 12.4 Å². The van der Waals surface area contributed by atoms with Crippen LogP contribution in [0.4, 0.5) is 13.2 Å². The van der Waals surface area contributed by atoms with Crippen LogP contribution in [-0.4, -0.2) is 0 Å². The van der Waals surface area contributed by atoms with E-state index in [-0.39, 0.29) is 18.4 Å². The van der Waals surface area contributed by atoms with Gasteiger partial charge in [0.05, 0.1) is 5.56 Å². The number of nitrogens with two attached hydrogens (primary N) is 1. The van der Waals surface area contributed by atoms with Gasteiger partial charge in [-0.2, -0.15) is 13.2 Å². The summed E-state index contributed by atoms with van der Waals surface area (Å²) >= 11 is 0. The van der Waals surface area contributed by atoms with E-state index in [0.717, 1.165) is 12.1 Å². The molecule has 0 aliphatic rings. The quantitative estimate of drug-likeness (QED) is 0.781. The first kappa shape index (κ1) is 13.3. The van der Waals surface area contributed by atoms with E-state index in [2.05, 4.69) is 0 Å². The first-order chi connectivity index (χ1) is 5.91. The molecule has 1 unspecified atom stereocenters. The molecule has 1 rings (SSSR count). The lowest BCUT2D eigenvalue weighted by Crippen LogP contribution is -2.09. The fourth-order valence-corrected chi connectivity index (χ4v) is 0.998. The van der Waals surface area contributed by atoms with Crippen molar-refractivity contribution in [2.24, 2.45) is 5.73 Å². The molecule has 1 aromatic carbocycles. The van der Waals surface area contributed by atoms with Gasteiger partial charge < -0.3 is 5.73 Å². The molecule has 1 aromatic rings. The second-order valence-corrected chi connectivity index (χ2v) is 2.91. The second kappa shape index (κ2) is 4.66. The number of hydrogen-bond acceptors (Lipinski definition) is 1. The molecule has 0 fully saturated rings. The molecular weight excluding hydrogens is 215 g/mol. The van der Waals surface area contributed by atoms with Gasteiger partial charge in [0.25, 0.3) is 0 Å². The van der Waals surface area contributed by atoms with E-state index in [0.29, 0.717) is 5.56 Å². The highest BCUT2D eigenvalue weighted by atomic mass is 35.5. The molecule has 0 aromatic heterocycles. The van der Waals surface area contributed by atoms with E-state index < -0.39 is 11.7 Å². The molecule has 0 saturated carbocycles. The highest BCUT2D eigenvalue weighted by molar-refractivity contribution is 5.85. The molecule has 0 bridgehead atoms. The first-order valence-corrected chi connectivity index (χ1v) is 3.84. The Morgan fingerprint density at radius 2 is 1.86 bits per heavy atom. The van der Waals surface area contributed by atoms with Gasteiger partial charge in [0, 0.05) is 6.04 Å². The summed E-state index contributed by atoms with van der Waals surface area (Å²) in [6.45, 7) is 1.65. The molecule has 0 aliphatic carbocycles. The van der Waals surface area contributed by atoms with Crippen LogP contribution in [0, 0.1) is 0 Å². The zero-order chi connectivity index (χ0) is 10.1. The van der Waals surface area contributed by atoms with Gasteiger partial charge in [0.15, 0.2) is 0 Å². The maximum atomic E-state index is 12.2. The molecule has 14 heavy (non-hydrogen) atoms. The van der Waals surface area contributed by atoms with Crippen LogP contribution in [0.25, 0.3) is 0 Å². The Morgan fingerprint density at radius 3 is 2.29 bits per heavy atom. The molecule has 0 amide bonds. The Bertz CT molecular complexity index is 296. The first-order valence-electron chi connectivity index (χ1n) is 3.84. The summed E-state index contributed by atoms with van der Waals surface area (Å²) < 4.78 is 36.6. The summed E-state index contributed by atoms with van der Waals surface area (Å²) in [5.74, 6) is 0. The molecule has 2 N–H and O–H groups in total. The van der Waals surface area contributed by atoms with Crippen molar-refractivity contribution < 1.29 is 13.2 Å². The normalized spacial score (nSPS) is 13.2. The van der Waals surface area contributed by atoms with Crippen LogP contribution < -0.4 is 5.73 Å². The van der Waals surface area contributed by atoms with Crippen molar-refractivity contribution in [1.29, 1.82) is 0 Å². The van der Waals surface area contributed by atoms with Gasteiger partial charge >= 0.3 is 6.18 Å². The maximum absolute atomic E-state index is 12.2. The number of hydrogen-bond donors (Lipinski definition) is 1. The molecule has 1 nitrogen and oxygen atoms in total. The van der Waals surface area contributed by atoms with Gasteiger partial charge in [-0.1, -0.05) is 12.1 Å². The maximum Gasteiger partial charge on any atom is 0.416 e. The number of halogens is 4. The predicted molar refractivity (Wildman–Crippen MR) is 51.3 cm³/mol. The SMILES string of the molecule is CC(N)c1cccc(C(F)(F)F)c1.Cl. The Morgan fingerprint density at radius 1 is 1.29 bits per heavy atom. The number of rotatable bonds is 1. The molecule has 0 spiro atoms. The largest absolute Gasteiger partial charge is 0.416 e. The molecule has 80 valence electrons. The highest BCUT2D eigenvalue weighted by Gasteiger charge is 2.30. The minimum atomic E-state index is -4.29. The third-order valence-electron chi connectivity index (χ3n) is 1.74. The summed E-state index contributed by atoms with van der Waals surface area (Å²) in [6, 6.07) is 4.68. The molecular formula is C9H11ClF3N. The van der Waals surface area contributed by atoms with Crippen molar-refractivity contribution in [3.63, 3.8) is 0 Å². The van der Waals surface area contributed by atoms with Gasteiger partial charge in [0.1, 0.15) is 0 Å². The Balaban J connectivity index is 0.00000169. The van der Waals surface area contributed by atoms with Crippen LogP contribution in [0.5, 0.6) is 0 Å². The van der Waals surface area contributed by atoms with Crippen molar-refractivity contribution in [2.75, 3.05) is 0 Å². The van der Waals surface area contributed by atoms with E-state index in [1.54, 1.807) is 13.0 Å². The van der Waals surface area contributed by atoms with Gasteiger partial charge in [0.2, 0.25) is 0 Å². The van der Waals surface area contributed by atoms with Crippen LogP contribution in [0.15, 0.2) is 24.3 Å². The third-order valence-corrected chi connectivity index (χ3v) is 1.74. The highest BCUT2D eigenvalue weighted by Crippen LogP contribution is 2.30. The lowest BCUT2D eigenvalue weighted by atomic mass is 10.1. The third kappa shape index (κ3) is 3.20. The predicted octanol–water partition coefficient (Wildman–Crippen LogP) is 3.15. The van der Waals surface area contributed by atoms with Crippen molar-refractivity contribution in [2.45, 2.75) is 19.1 Å². The smallest absolute Gasteiger partial charge is 0.324 e. The van der Waals surface area contributed by atoms with Gasteiger partial charge in [-0.3, -0.25) is 0 Å². The molecule has 0 aliphatic heterocycles. The Kier molecular flexibility index (Phi) is 4.42. The average molecular weight is 226 g/mol. The van der Waals surface area contributed by atoms with Crippen LogP contribution >= 0.6 is 12.4 Å². The van der Waals surface area contributed by atoms with Crippen LogP contribution in [-0.2, 0) is 6.18 Å². The minimum Gasteiger partial charge on any atom is -0.324 e. The zero-order valence-corrected chi connectivity index (χ0v) is 8.32. The molecule has 1 atom stereocenters. The molecule has 0 heterocycles. The monoisotopic (exact) mass is 225 g/mol. The summed E-state index contributed by atoms with van der Waals surface area (Å²) in [7, 11) is 0. The Labute approximate surface area is 86.5 Å². The van der Waals surface area contributed by atoms with E-state index in [9.17, 15) is 13.2 Å². The van der Waals surface area contributed by atoms with Crippen LogP contribution in [0.3, 0.4) is 0 Å². The fraction of sp³-hybridized carbons (Fsp3) is 0.333. The van der Waals surface area contributed by atoms with Gasteiger partial charge in [-0.25, -0.2) is 0 Å². The topological polar surface area (TPSA) is 26.0 Å². The van der Waals surface area contributed by atoms with Crippen LogP contribution in [0.1, 0.15) is 24.1 Å². The lowest BCUT2D eigenvalue weighted by Gasteiger charge is -2.10. The van der Waals surface area contributed by atoms with E-state index in [1.165, 1.54) is 6.07 Å². The summed E-state index contributed by atoms with van der Waals surface area (Å²) in [6.07, 6.45) is -4.29. The lowest BCUT2D eigenvalue weighted by molar-refractivity contribution is -0.137. The molecule has 0 saturated heterocycles. The van der Waals surface area contributed by atoms with Crippen molar-refractivity contribution in [1.82, 2.24) is 0 Å². The molecule has 5 heteroatoms. The van der Waals surface area contributed by atoms with E-state index in [1.807, 2.05) is 0 Å². The fourth-order valence-electron chi connectivity index (χ4n) is 0.998. The van der Waals surface area contributed by atoms with Crippen LogP contribution in [0.2, 0.25) is 0 Å². The summed E-state index contributed by atoms with van der Waals surface area (Å²) in [5, 5.41) is 0. The van der Waals surface area contributed by atoms with Crippen molar-refractivity contribution in [3.8, 4) is 0 Å². The molecule has 0 radical (unpaired) electrons. The number of alkyl halides is 3.